The van der Waals surface area contributed by atoms with Gasteiger partial charge < -0.3 is 10.3 Å². The largest absolute Gasteiger partial charge is 0.416 e. The summed E-state index contributed by atoms with van der Waals surface area (Å²) in [5, 5.41) is 2.96. The Labute approximate surface area is 182 Å². The van der Waals surface area contributed by atoms with Gasteiger partial charge in [-0.05, 0) is 48.5 Å². The molecule has 3 aromatic carbocycles. The van der Waals surface area contributed by atoms with E-state index in [1.165, 1.54) is 30.3 Å². The number of H-pyrrole nitrogens is 1. The molecule has 1 unspecified atom stereocenters. The minimum atomic E-state index is -4.74. The number of benzene rings is 3. The van der Waals surface area contributed by atoms with Crippen molar-refractivity contribution in [3.05, 3.63) is 87.4 Å². The number of rotatable bonds is 2. The molecule has 2 heterocycles. The predicted octanol–water partition coefficient (Wildman–Crippen LogP) is 6.01. The summed E-state index contributed by atoms with van der Waals surface area (Å²) < 4.78 is 67.1. The van der Waals surface area contributed by atoms with Crippen LogP contribution in [0.25, 0.3) is 22.4 Å². The van der Waals surface area contributed by atoms with Crippen LogP contribution in [0.2, 0.25) is 5.02 Å². The second-order valence-electron chi connectivity index (χ2n) is 7.30. The Morgan fingerprint density at radius 1 is 0.969 bits per heavy atom. The third-order valence-corrected chi connectivity index (χ3v) is 5.62. The van der Waals surface area contributed by atoms with Crippen molar-refractivity contribution in [2.75, 3.05) is 0 Å². The fourth-order valence-corrected chi connectivity index (χ4v) is 4.10. The molecule has 10 heteroatoms. The van der Waals surface area contributed by atoms with Gasteiger partial charge in [0.15, 0.2) is 0 Å². The van der Waals surface area contributed by atoms with E-state index in [9.17, 15) is 26.7 Å². The zero-order valence-corrected chi connectivity index (χ0v) is 16.6. The predicted molar refractivity (Wildman–Crippen MR) is 107 cm³/mol. The Morgan fingerprint density at radius 2 is 1.75 bits per heavy atom. The summed E-state index contributed by atoms with van der Waals surface area (Å²) in [6, 6.07) is 8.07. The standard InChI is InChI=1S/C22H11ClF5N3O/c23-15-3-1-11(24)8-14(15)18-17-13(21(32)31-18)2-4-16-19(17)30-20(29-16)9-5-10(22(26,27)28)7-12(25)6-9/h1-8,18H,(H,29,30)(H,31,32). The fraction of sp³-hybridized carbons (Fsp3) is 0.0909. The summed E-state index contributed by atoms with van der Waals surface area (Å²) in [4.78, 5) is 19.7. The molecule has 0 aliphatic carbocycles. The summed E-state index contributed by atoms with van der Waals surface area (Å²) >= 11 is 6.23. The van der Waals surface area contributed by atoms with Crippen LogP contribution in [-0.4, -0.2) is 15.9 Å². The number of alkyl halides is 3. The van der Waals surface area contributed by atoms with E-state index in [1.807, 2.05) is 0 Å². The third kappa shape index (κ3) is 3.29. The van der Waals surface area contributed by atoms with Gasteiger partial charge >= 0.3 is 6.18 Å². The molecule has 162 valence electrons. The first kappa shape index (κ1) is 20.4. The number of amides is 1. The maximum Gasteiger partial charge on any atom is 0.416 e. The number of hydrogen-bond donors (Lipinski definition) is 2. The number of halogens is 6. The molecule has 5 rings (SSSR count). The molecule has 32 heavy (non-hydrogen) atoms. The van der Waals surface area contributed by atoms with Crippen LogP contribution >= 0.6 is 11.6 Å². The molecule has 1 aliphatic rings. The van der Waals surface area contributed by atoms with Gasteiger partial charge in [-0.15, -0.1) is 0 Å². The van der Waals surface area contributed by atoms with E-state index in [0.717, 1.165) is 12.1 Å². The van der Waals surface area contributed by atoms with Crippen molar-refractivity contribution in [3.8, 4) is 11.4 Å². The molecule has 0 saturated carbocycles. The minimum absolute atomic E-state index is 0.0122. The van der Waals surface area contributed by atoms with Crippen LogP contribution in [0.3, 0.4) is 0 Å². The number of imidazole rings is 1. The lowest BCUT2D eigenvalue weighted by Crippen LogP contribution is -2.20. The highest BCUT2D eigenvalue weighted by atomic mass is 35.5. The van der Waals surface area contributed by atoms with Crippen LogP contribution in [0.1, 0.15) is 33.1 Å². The monoisotopic (exact) mass is 463 g/mol. The van der Waals surface area contributed by atoms with Gasteiger partial charge in [0.25, 0.3) is 5.91 Å². The number of aromatic nitrogens is 2. The molecule has 1 aliphatic heterocycles. The van der Waals surface area contributed by atoms with E-state index < -0.39 is 35.3 Å². The lowest BCUT2D eigenvalue weighted by atomic mass is 9.97. The molecular weight excluding hydrogens is 453 g/mol. The number of nitrogens with zero attached hydrogens (tertiary/aromatic N) is 1. The van der Waals surface area contributed by atoms with Crippen molar-refractivity contribution < 1.29 is 26.7 Å². The van der Waals surface area contributed by atoms with Gasteiger partial charge in [0.1, 0.15) is 17.5 Å². The molecular formula is C22H11ClF5N3O. The number of nitrogens with one attached hydrogen (secondary N) is 2. The molecule has 0 radical (unpaired) electrons. The number of aromatic amines is 1. The second kappa shape index (κ2) is 7.03. The van der Waals surface area contributed by atoms with Crippen LogP contribution in [0.5, 0.6) is 0 Å². The second-order valence-corrected chi connectivity index (χ2v) is 7.71. The molecule has 0 spiro atoms. The first-order chi connectivity index (χ1) is 15.1. The van der Waals surface area contributed by atoms with E-state index in [0.29, 0.717) is 28.2 Å². The lowest BCUT2D eigenvalue weighted by molar-refractivity contribution is -0.137. The molecule has 2 N–H and O–H groups in total. The fourth-order valence-electron chi connectivity index (χ4n) is 3.87. The Kier molecular flexibility index (Phi) is 4.49. The normalized spacial score (nSPS) is 15.8. The number of hydrogen-bond acceptors (Lipinski definition) is 2. The van der Waals surface area contributed by atoms with Crippen molar-refractivity contribution >= 4 is 28.5 Å². The van der Waals surface area contributed by atoms with E-state index in [4.69, 9.17) is 11.6 Å². The van der Waals surface area contributed by atoms with Crippen molar-refractivity contribution in [2.45, 2.75) is 12.2 Å². The summed E-state index contributed by atoms with van der Waals surface area (Å²) in [5.74, 6) is -2.05. The van der Waals surface area contributed by atoms with Crippen LogP contribution in [-0.2, 0) is 6.18 Å². The zero-order valence-electron chi connectivity index (χ0n) is 15.8. The maximum absolute atomic E-state index is 13.9. The van der Waals surface area contributed by atoms with Crippen molar-refractivity contribution in [2.24, 2.45) is 0 Å². The molecule has 0 fully saturated rings. The minimum Gasteiger partial charge on any atom is -0.341 e. The molecule has 4 nitrogen and oxygen atoms in total. The smallest absolute Gasteiger partial charge is 0.341 e. The summed E-state index contributed by atoms with van der Waals surface area (Å²) in [7, 11) is 0. The van der Waals surface area contributed by atoms with Gasteiger partial charge in [0.05, 0.1) is 22.6 Å². The van der Waals surface area contributed by atoms with E-state index in [2.05, 4.69) is 15.3 Å². The van der Waals surface area contributed by atoms with Crippen molar-refractivity contribution in [1.82, 2.24) is 15.3 Å². The molecule has 0 saturated heterocycles. The lowest BCUT2D eigenvalue weighted by Gasteiger charge is -2.14. The third-order valence-electron chi connectivity index (χ3n) is 5.28. The van der Waals surface area contributed by atoms with Gasteiger partial charge in [-0.25, -0.2) is 13.8 Å². The van der Waals surface area contributed by atoms with Gasteiger partial charge in [-0.1, -0.05) is 11.6 Å². The Hall–Kier alpha value is -3.46. The van der Waals surface area contributed by atoms with Crippen molar-refractivity contribution in [3.63, 3.8) is 0 Å². The molecule has 1 aromatic heterocycles. The number of carbonyl (C=O) groups is 1. The van der Waals surface area contributed by atoms with E-state index in [-0.39, 0.29) is 22.0 Å². The Bertz CT molecular complexity index is 1410. The SMILES string of the molecule is O=C1NC(c2cc(F)ccc2Cl)c2c1ccc1nc(-c3cc(F)cc(C(F)(F)F)c3)[nH]c21. The Morgan fingerprint density at radius 3 is 2.50 bits per heavy atom. The van der Waals surface area contributed by atoms with E-state index >= 15 is 0 Å². The number of carbonyl (C=O) groups excluding carboxylic acids is 1. The quantitative estimate of drug-likeness (QED) is 0.357. The van der Waals surface area contributed by atoms with Crippen LogP contribution in [0.4, 0.5) is 22.0 Å². The topological polar surface area (TPSA) is 57.8 Å². The average Bonchev–Trinajstić information content (AvgIpc) is 3.30. The number of fused-ring (bicyclic) bond motifs is 3. The summed E-state index contributed by atoms with van der Waals surface area (Å²) in [6.07, 6.45) is -4.74. The zero-order chi connectivity index (χ0) is 22.8. The van der Waals surface area contributed by atoms with Crippen molar-refractivity contribution in [1.29, 1.82) is 0 Å². The summed E-state index contributed by atoms with van der Waals surface area (Å²) in [6.45, 7) is 0. The highest BCUT2D eigenvalue weighted by Crippen LogP contribution is 2.40. The highest BCUT2D eigenvalue weighted by molar-refractivity contribution is 6.31. The average molecular weight is 464 g/mol. The van der Waals surface area contributed by atoms with Crippen LogP contribution in [0, 0.1) is 11.6 Å². The van der Waals surface area contributed by atoms with Gasteiger partial charge in [0.2, 0.25) is 0 Å². The van der Waals surface area contributed by atoms with E-state index in [1.54, 1.807) is 0 Å². The molecule has 1 amide bonds. The Balaban J connectivity index is 1.70. The summed E-state index contributed by atoms with van der Waals surface area (Å²) in [5.41, 5.74) is 0.441. The maximum atomic E-state index is 13.9. The van der Waals surface area contributed by atoms with Gasteiger partial charge in [-0.3, -0.25) is 4.79 Å². The molecule has 4 aromatic rings. The van der Waals surface area contributed by atoms with Gasteiger partial charge in [0, 0.05) is 27.3 Å². The van der Waals surface area contributed by atoms with Crippen LogP contribution in [0.15, 0.2) is 48.5 Å². The highest BCUT2D eigenvalue weighted by Gasteiger charge is 2.35. The molecule has 0 bridgehead atoms. The van der Waals surface area contributed by atoms with Crippen LogP contribution < -0.4 is 5.32 Å². The van der Waals surface area contributed by atoms with Gasteiger partial charge in [-0.2, -0.15) is 13.2 Å². The first-order valence-electron chi connectivity index (χ1n) is 9.28. The molecule has 1 atom stereocenters. The first-order valence-corrected chi connectivity index (χ1v) is 9.66.